The zero-order valence-electron chi connectivity index (χ0n) is 14.4. The monoisotopic (exact) mass is 342 g/mol. The van der Waals surface area contributed by atoms with Gasteiger partial charge in [-0.25, -0.2) is 4.79 Å². The number of nitrogens with one attached hydrogen (secondary N) is 2. The molecule has 0 unspecified atom stereocenters. The predicted octanol–water partition coefficient (Wildman–Crippen LogP) is 3.55. The first-order valence-electron chi connectivity index (χ1n) is 8.04. The Balaban J connectivity index is 1.78. The molecule has 2 aromatic rings. The molecule has 0 heterocycles. The van der Waals surface area contributed by atoms with Gasteiger partial charge in [-0.2, -0.15) is 0 Å². The molecule has 0 saturated carbocycles. The van der Waals surface area contributed by atoms with Crippen molar-refractivity contribution in [3.05, 3.63) is 64.2 Å². The molecule has 2 N–H and O–H groups in total. The lowest BCUT2D eigenvalue weighted by atomic mass is 10.1. The fourth-order valence-electron chi connectivity index (χ4n) is 2.45. The maximum atomic E-state index is 12.0. The number of hydrogen-bond donors (Lipinski definition) is 2. The molecule has 7 nitrogen and oxygen atoms in total. The van der Waals surface area contributed by atoms with E-state index in [2.05, 4.69) is 15.5 Å². The van der Waals surface area contributed by atoms with Crippen LogP contribution in [0.25, 0.3) is 0 Å². The Labute approximate surface area is 146 Å². The van der Waals surface area contributed by atoms with Gasteiger partial charge >= 0.3 is 6.03 Å². The molecule has 0 saturated heterocycles. The molecule has 0 radical (unpaired) electrons. The third kappa shape index (κ3) is 5.20. The predicted molar refractivity (Wildman–Crippen MR) is 99.2 cm³/mol. The molecule has 0 fully saturated rings. The molecule has 2 amide bonds. The van der Waals surface area contributed by atoms with Crippen LogP contribution < -0.4 is 15.5 Å². The summed E-state index contributed by atoms with van der Waals surface area (Å²) in [5.74, 6) is 0. The molecule has 2 rings (SSSR count). The van der Waals surface area contributed by atoms with Crippen LogP contribution >= 0.6 is 0 Å². The number of anilines is 2. The molecule has 0 aliphatic carbocycles. The van der Waals surface area contributed by atoms with Crippen LogP contribution in [0.3, 0.4) is 0 Å². The maximum Gasteiger partial charge on any atom is 0.319 e. The standard InChI is InChI=1S/C18H22N4O3/c1-14-16(10-6-11-17(14)22(24)25)20-18(23)19-12-7-13-21(2)15-8-4-3-5-9-15/h3-6,8-11H,7,12-13H2,1-2H3,(H2,19,20,23). The minimum atomic E-state index is -0.460. The highest BCUT2D eigenvalue weighted by Crippen LogP contribution is 2.24. The number of nitro benzene ring substituents is 1. The maximum absolute atomic E-state index is 12.0. The van der Waals surface area contributed by atoms with Crippen molar-refractivity contribution in [2.75, 3.05) is 30.4 Å². The van der Waals surface area contributed by atoms with Gasteiger partial charge in [0.1, 0.15) is 0 Å². The van der Waals surface area contributed by atoms with Crippen molar-refractivity contribution in [3.63, 3.8) is 0 Å². The number of carbonyl (C=O) groups excluding carboxylic acids is 1. The Morgan fingerprint density at radius 2 is 1.88 bits per heavy atom. The van der Waals surface area contributed by atoms with Crippen molar-refractivity contribution in [1.82, 2.24) is 5.32 Å². The summed E-state index contributed by atoms with van der Waals surface area (Å²) in [6.07, 6.45) is 0.784. The average Bonchev–Trinajstić information content (AvgIpc) is 2.61. The third-order valence-electron chi connectivity index (χ3n) is 3.90. The van der Waals surface area contributed by atoms with Gasteiger partial charge in [0, 0.05) is 31.9 Å². The number of nitro groups is 1. The Bertz CT molecular complexity index is 734. The van der Waals surface area contributed by atoms with Crippen LogP contribution in [0, 0.1) is 17.0 Å². The van der Waals surface area contributed by atoms with Crippen LogP contribution in [0.1, 0.15) is 12.0 Å². The van der Waals surface area contributed by atoms with Crippen molar-refractivity contribution < 1.29 is 9.72 Å². The number of benzene rings is 2. The van der Waals surface area contributed by atoms with Gasteiger partial charge in [-0.3, -0.25) is 10.1 Å². The van der Waals surface area contributed by atoms with E-state index in [1.807, 2.05) is 37.4 Å². The Hall–Kier alpha value is -3.09. The molecule has 0 spiro atoms. The van der Waals surface area contributed by atoms with Gasteiger partial charge in [-0.1, -0.05) is 24.3 Å². The summed E-state index contributed by atoms with van der Waals surface area (Å²) in [6, 6.07) is 14.2. The van der Waals surface area contributed by atoms with E-state index in [1.165, 1.54) is 6.07 Å². The van der Waals surface area contributed by atoms with E-state index in [0.29, 0.717) is 17.8 Å². The van der Waals surface area contributed by atoms with Gasteiger partial charge < -0.3 is 15.5 Å². The smallest absolute Gasteiger partial charge is 0.319 e. The average molecular weight is 342 g/mol. The quantitative estimate of drug-likeness (QED) is 0.457. The van der Waals surface area contributed by atoms with Crippen LogP contribution in [-0.4, -0.2) is 31.1 Å². The van der Waals surface area contributed by atoms with Crippen LogP contribution in [0.2, 0.25) is 0 Å². The third-order valence-corrected chi connectivity index (χ3v) is 3.90. The Kier molecular flexibility index (Phi) is 6.33. The summed E-state index contributed by atoms with van der Waals surface area (Å²) in [6.45, 7) is 2.93. The molecule has 7 heteroatoms. The van der Waals surface area contributed by atoms with Gasteiger partial charge in [0.15, 0.2) is 0 Å². The molecular formula is C18H22N4O3. The lowest BCUT2D eigenvalue weighted by molar-refractivity contribution is -0.385. The first-order chi connectivity index (χ1) is 12.0. The highest BCUT2D eigenvalue weighted by atomic mass is 16.6. The van der Waals surface area contributed by atoms with E-state index in [0.717, 1.165) is 18.7 Å². The molecule has 0 bridgehead atoms. The molecule has 25 heavy (non-hydrogen) atoms. The minimum absolute atomic E-state index is 0.0118. The van der Waals surface area contributed by atoms with Crippen LogP contribution in [0.4, 0.5) is 21.9 Å². The SMILES string of the molecule is Cc1c(NC(=O)NCCCN(C)c2ccccc2)cccc1[N+](=O)[O-]. The molecule has 0 aliphatic rings. The molecule has 0 atom stereocenters. The lowest BCUT2D eigenvalue weighted by Crippen LogP contribution is -2.31. The largest absolute Gasteiger partial charge is 0.375 e. The highest BCUT2D eigenvalue weighted by molar-refractivity contribution is 5.90. The van der Waals surface area contributed by atoms with E-state index < -0.39 is 4.92 Å². The summed E-state index contributed by atoms with van der Waals surface area (Å²) in [5, 5.41) is 16.3. The zero-order valence-corrected chi connectivity index (χ0v) is 14.4. The molecule has 0 aliphatic heterocycles. The number of nitrogens with zero attached hydrogens (tertiary/aromatic N) is 2. The molecule has 132 valence electrons. The second-order valence-electron chi connectivity index (χ2n) is 5.70. The summed E-state index contributed by atoms with van der Waals surface area (Å²) in [5.41, 5.74) is 1.99. The van der Waals surface area contributed by atoms with E-state index in [9.17, 15) is 14.9 Å². The van der Waals surface area contributed by atoms with Crippen molar-refractivity contribution in [2.45, 2.75) is 13.3 Å². The number of urea groups is 1. The summed E-state index contributed by atoms with van der Waals surface area (Å²) in [7, 11) is 2.00. The summed E-state index contributed by atoms with van der Waals surface area (Å²) in [4.78, 5) is 24.5. The fraction of sp³-hybridized carbons (Fsp3) is 0.278. The van der Waals surface area contributed by atoms with E-state index in [4.69, 9.17) is 0 Å². The van der Waals surface area contributed by atoms with Gasteiger partial charge in [-0.15, -0.1) is 0 Å². The zero-order chi connectivity index (χ0) is 18.2. The van der Waals surface area contributed by atoms with Crippen LogP contribution in [0.5, 0.6) is 0 Å². The van der Waals surface area contributed by atoms with Crippen molar-refractivity contribution >= 4 is 23.1 Å². The van der Waals surface area contributed by atoms with Gasteiger partial charge in [-0.05, 0) is 31.5 Å². The summed E-state index contributed by atoms with van der Waals surface area (Å²) < 4.78 is 0. The lowest BCUT2D eigenvalue weighted by Gasteiger charge is -2.19. The first kappa shape index (κ1) is 18.3. The first-order valence-corrected chi connectivity index (χ1v) is 8.04. The summed E-state index contributed by atoms with van der Waals surface area (Å²) >= 11 is 0. The van der Waals surface area contributed by atoms with Crippen molar-refractivity contribution in [3.8, 4) is 0 Å². The Morgan fingerprint density at radius 3 is 2.56 bits per heavy atom. The minimum Gasteiger partial charge on any atom is -0.375 e. The number of rotatable bonds is 7. The number of hydrogen-bond acceptors (Lipinski definition) is 4. The second-order valence-corrected chi connectivity index (χ2v) is 5.70. The van der Waals surface area contributed by atoms with Crippen molar-refractivity contribution in [1.29, 1.82) is 0 Å². The number of amides is 2. The van der Waals surface area contributed by atoms with E-state index in [-0.39, 0.29) is 11.7 Å². The number of para-hydroxylation sites is 1. The molecular weight excluding hydrogens is 320 g/mol. The van der Waals surface area contributed by atoms with E-state index >= 15 is 0 Å². The molecule has 0 aromatic heterocycles. The normalized spacial score (nSPS) is 10.2. The fourth-order valence-corrected chi connectivity index (χ4v) is 2.45. The topological polar surface area (TPSA) is 87.5 Å². The van der Waals surface area contributed by atoms with Gasteiger partial charge in [0.05, 0.1) is 16.2 Å². The van der Waals surface area contributed by atoms with Gasteiger partial charge in [0.25, 0.3) is 5.69 Å². The van der Waals surface area contributed by atoms with E-state index in [1.54, 1.807) is 19.1 Å². The van der Waals surface area contributed by atoms with Gasteiger partial charge in [0.2, 0.25) is 0 Å². The Morgan fingerprint density at radius 1 is 1.16 bits per heavy atom. The number of carbonyl (C=O) groups is 1. The molecule has 2 aromatic carbocycles. The second kappa shape index (κ2) is 8.68. The van der Waals surface area contributed by atoms with Crippen molar-refractivity contribution in [2.24, 2.45) is 0 Å². The highest BCUT2D eigenvalue weighted by Gasteiger charge is 2.14. The van der Waals surface area contributed by atoms with Crippen LogP contribution in [-0.2, 0) is 0 Å². The van der Waals surface area contributed by atoms with Crippen LogP contribution in [0.15, 0.2) is 48.5 Å².